The highest BCUT2D eigenvalue weighted by molar-refractivity contribution is 4.73. The first-order valence-corrected chi connectivity index (χ1v) is 4.56. The molecule has 0 radical (unpaired) electrons. The second kappa shape index (κ2) is 6.62. The van der Waals surface area contributed by atoms with Gasteiger partial charge in [0.05, 0.1) is 6.10 Å². The van der Waals surface area contributed by atoms with Crippen LogP contribution in [0, 0.1) is 0 Å². The first kappa shape index (κ1) is 10.9. The van der Waals surface area contributed by atoms with Crippen LogP contribution in [0.2, 0.25) is 0 Å². The van der Waals surface area contributed by atoms with Crippen LogP contribution in [0.5, 0.6) is 0 Å². The molecule has 0 heterocycles. The molecule has 2 atom stereocenters. The van der Waals surface area contributed by atoms with Gasteiger partial charge in [-0.2, -0.15) is 0 Å². The lowest BCUT2D eigenvalue weighted by atomic mass is 10.1. The van der Waals surface area contributed by atoms with Crippen LogP contribution >= 0.6 is 0 Å². The third-order valence-corrected chi connectivity index (χ3v) is 2.06. The van der Waals surface area contributed by atoms with Gasteiger partial charge in [-0.15, -0.1) is 0 Å². The van der Waals surface area contributed by atoms with Crippen LogP contribution < -0.4 is 5.32 Å². The maximum Gasteiger partial charge on any atom is 0.0721 e. The molecule has 0 aliphatic rings. The predicted molar refractivity (Wildman–Crippen MR) is 48.8 cm³/mol. The molecule has 0 aliphatic carbocycles. The molecule has 0 amide bonds. The molecule has 11 heavy (non-hydrogen) atoms. The fourth-order valence-electron chi connectivity index (χ4n) is 1.42. The minimum Gasteiger partial charge on any atom is -0.380 e. The lowest BCUT2D eigenvalue weighted by Crippen LogP contribution is -2.39. The third kappa shape index (κ3) is 3.73. The predicted octanol–water partition coefficient (Wildman–Crippen LogP) is 1.80. The van der Waals surface area contributed by atoms with Crippen LogP contribution in [0.15, 0.2) is 0 Å². The number of nitrogens with one attached hydrogen (secondary N) is 1. The van der Waals surface area contributed by atoms with Gasteiger partial charge in [0.2, 0.25) is 0 Å². The van der Waals surface area contributed by atoms with Gasteiger partial charge in [0.25, 0.3) is 0 Å². The molecule has 0 fully saturated rings. The van der Waals surface area contributed by atoms with Gasteiger partial charge in [0, 0.05) is 13.2 Å². The van der Waals surface area contributed by atoms with Crippen molar-refractivity contribution in [1.82, 2.24) is 5.32 Å². The van der Waals surface area contributed by atoms with E-state index in [4.69, 9.17) is 4.74 Å². The molecule has 0 rings (SSSR count). The molecule has 0 aromatic heterocycles. The second-order valence-corrected chi connectivity index (χ2v) is 2.75. The highest BCUT2D eigenvalue weighted by Crippen LogP contribution is 2.06. The standard InChI is InChI=1S/C9H21NO/c1-5-8(10-7-3)9(6-2)11-4/h8-10H,5-7H2,1-4H3. The first-order chi connectivity index (χ1) is 5.29. The van der Waals surface area contributed by atoms with Crippen molar-refractivity contribution >= 4 is 0 Å². The van der Waals surface area contributed by atoms with Gasteiger partial charge in [-0.3, -0.25) is 0 Å². The van der Waals surface area contributed by atoms with Gasteiger partial charge in [-0.1, -0.05) is 20.8 Å². The molecule has 1 N–H and O–H groups in total. The van der Waals surface area contributed by atoms with Crippen molar-refractivity contribution in [3.05, 3.63) is 0 Å². The van der Waals surface area contributed by atoms with Gasteiger partial charge in [0.15, 0.2) is 0 Å². The lowest BCUT2D eigenvalue weighted by molar-refractivity contribution is 0.0646. The molecular formula is C9H21NO. The fraction of sp³-hybridized carbons (Fsp3) is 1.00. The third-order valence-electron chi connectivity index (χ3n) is 2.06. The Hall–Kier alpha value is -0.0800. The average molecular weight is 159 g/mol. The summed E-state index contributed by atoms with van der Waals surface area (Å²) in [6.45, 7) is 7.51. The van der Waals surface area contributed by atoms with Crippen LogP contribution in [-0.4, -0.2) is 25.8 Å². The molecule has 0 saturated carbocycles. The Morgan fingerprint density at radius 3 is 2.09 bits per heavy atom. The number of methoxy groups -OCH3 is 1. The molecular weight excluding hydrogens is 138 g/mol. The van der Waals surface area contributed by atoms with E-state index in [1.807, 2.05) is 0 Å². The minimum absolute atomic E-state index is 0.375. The zero-order chi connectivity index (χ0) is 8.69. The lowest BCUT2D eigenvalue weighted by Gasteiger charge is -2.24. The highest BCUT2D eigenvalue weighted by Gasteiger charge is 2.15. The monoisotopic (exact) mass is 159 g/mol. The van der Waals surface area contributed by atoms with E-state index < -0.39 is 0 Å². The van der Waals surface area contributed by atoms with Gasteiger partial charge in [0.1, 0.15) is 0 Å². The van der Waals surface area contributed by atoms with Gasteiger partial charge in [-0.05, 0) is 19.4 Å². The molecule has 0 saturated heterocycles. The smallest absolute Gasteiger partial charge is 0.0721 e. The van der Waals surface area contributed by atoms with E-state index in [2.05, 4.69) is 26.1 Å². The Morgan fingerprint density at radius 2 is 1.82 bits per heavy atom. The quantitative estimate of drug-likeness (QED) is 0.638. The number of hydrogen-bond acceptors (Lipinski definition) is 2. The molecule has 0 aromatic carbocycles. The Morgan fingerprint density at radius 1 is 1.18 bits per heavy atom. The Kier molecular flexibility index (Phi) is 6.57. The van der Waals surface area contributed by atoms with E-state index >= 15 is 0 Å². The number of likely N-dealkylation sites (N-methyl/N-ethyl adjacent to an activating group) is 1. The maximum atomic E-state index is 5.34. The maximum absolute atomic E-state index is 5.34. The van der Waals surface area contributed by atoms with Crippen molar-refractivity contribution in [3.63, 3.8) is 0 Å². The molecule has 0 spiro atoms. The van der Waals surface area contributed by atoms with Gasteiger partial charge in [-0.25, -0.2) is 0 Å². The zero-order valence-corrected chi connectivity index (χ0v) is 8.18. The Bertz CT molecular complexity index is 81.6. The minimum atomic E-state index is 0.375. The topological polar surface area (TPSA) is 21.3 Å². The molecule has 2 unspecified atom stereocenters. The molecule has 0 bridgehead atoms. The fourth-order valence-corrected chi connectivity index (χ4v) is 1.42. The normalized spacial score (nSPS) is 16.4. The molecule has 2 heteroatoms. The summed E-state index contributed by atoms with van der Waals surface area (Å²) in [5, 5.41) is 3.41. The van der Waals surface area contributed by atoms with Crippen LogP contribution in [0.25, 0.3) is 0 Å². The van der Waals surface area contributed by atoms with Gasteiger partial charge < -0.3 is 10.1 Å². The first-order valence-electron chi connectivity index (χ1n) is 4.56. The van der Waals surface area contributed by atoms with Crippen molar-refractivity contribution < 1.29 is 4.74 Å². The summed E-state index contributed by atoms with van der Waals surface area (Å²) < 4.78 is 5.34. The summed E-state index contributed by atoms with van der Waals surface area (Å²) in [5.41, 5.74) is 0. The van der Waals surface area contributed by atoms with E-state index in [0.717, 1.165) is 19.4 Å². The summed E-state index contributed by atoms with van der Waals surface area (Å²) >= 11 is 0. The summed E-state index contributed by atoms with van der Waals surface area (Å²) in [7, 11) is 1.79. The van der Waals surface area contributed by atoms with Crippen molar-refractivity contribution in [2.45, 2.75) is 45.8 Å². The SMILES string of the molecule is CCNC(CC)C(CC)OC. The van der Waals surface area contributed by atoms with E-state index in [-0.39, 0.29) is 0 Å². The summed E-state index contributed by atoms with van der Waals surface area (Å²) in [5.74, 6) is 0. The van der Waals surface area contributed by atoms with Crippen LogP contribution in [0.1, 0.15) is 33.6 Å². The molecule has 0 aromatic rings. The Labute approximate surface area is 70.3 Å². The van der Waals surface area contributed by atoms with E-state index in [0.29, 0.717) is 12.1 Å². The highest BCUT2D eigenvalue weighted by atomic mass is 16.5. The summed E-state index contributed by atoms with van der Waals surface area (Å²) in [6, 6.07) is 0.523. The van der Waals surface area contributed by atoms with Crippen molar-refractivity contribution in [3.8, 4) is 0 Å². The zero-order valence-electron chi connectivity index (χ0n) is 8.18. The summed E-state index contributed by atoms with van der Waals surface area (Å²) in [4.78, 5) is 0. The Balaban J connectivity index is 3.76. The average Bonchev–Trinajstić information content (AvgIpc) is 2.05. The van der Waals surface area contributed by atoms with Crippen LogP contribution in [0.4, 0.5) is 0 Å². The summed E-state index contributed by atoms with van der Waals surface area (Å²) in [6.07, 6.45) is 2.60. The van der Waals surface area contributed by atoms with Gasteiger partial charge >= 0.3 is 0 Å². The van der Waals surface area contributed by atoms with E-state index in [9.17, 15) is 0 Å². The van der Waals surface area contributed by atoms with Crippen molar-refractivity contribution in [1.29, 1.82) is 0 Å². The second-order valence-electron chi connectivity index (χ2n) is 2.75. The molecule has 2 nitrogen and oxygen atoms in total. The van der Waals surface area contributed by atoms with E-state index in [1.165, 1.54) is 0 Å². The van der Waals surface area contributed by atoms with E-state index in [1.54, 1.807) is 7.11 Å². The van der Waals surface area contributed by atoms with Crippen LogP contribution in [0.3, 0.4) is 0 Å². The number of rotatable bonds is 6. The number of ether oxygens (including phenoxy) is 1. The largest absolute Gasteiger partial charge is 0.380 e. The van der Waals surface area contributed by atoms with Crippen molar-refractivity contribution in [2.75, 3.05) is 13.7 Å². The van der Waals surface area contributed by atoms with Crippen LogP contribution in [-0.2, 0) is 4.74 Å². The molecule has 68 valence electrons. The van der Waals surface area contributed by atoms with Crippen molar-refractivity contribution in [2.24, 2.45) is 0 Å². The number of hydrogen-bond donors (Lipinski definition) is 1. The molecule has 0 aliphatic heterocycles.